The summed E-state index contributed by atoms with van der Waals surface area (Å²) in [5.74, 6) is 0.830. The third kappa shape index (κ3) is 6.66. The molecular formula is C23H21Cl2IN2O3. The molecule has 0 heterocycles. The number of nitrogens with one attached hydrogen (secondary N) is 2. The summed E-state index contributed by atoms with van der Waals surface area (Å²) < 4.78 is 12.1. The molecule has 0 saturated heterocycles. The zero-order valence-electron chi connectivity index (χ0n) is 17.0. The molecule has 1 amide bonds. The Morgan fingerprint density at radius 2 is 1.90 bits per heavy atom. The number of methoxy groups -OCH3 is 1. The molecule has 31 heavy (non-hydrogen) atoms. The smallest absolute Gasteiger partial charge is 0.262 e. The predicted octanol–water partition coefficient (Wildman–Crippen LogP) is 6.54. The average Bonchev–Trinajstić information content (AvgIpc) is 2.72. The molecule has 162 valence electrons. The van der Waals surface area contributed by atoms with E-state index in [9.17, 15) is 4.79 Å². The molecular weight excluding hydrogens is 550 g/mol. The van der Waals surface area contributed by atoms with Crippen LogP contribution in [0.1, 0.15) is 11.1 Å². The number of amides is 1. The van der Waals surface area contributed by atoms with Crippen LogP contribution in [0.3, 0.4) is 0 Å². The van der Waals surface area contributed by atoms with E-state index in [1.807, 2.05) is 49.4 Å². The number of rotatable bonds is 8. The van der Waals surface area contributed by atoms with Crippen LogP contribution in [0.2, 0.25) is 10.0 Å². The quantitative estimate of drug-likeness (QED) is 0.302. The van der Waals surface area contributed by atoms with Gasteiger partial charge in [-0.2, -0.15) is 0 Å². The first-order valence-electron chi connectivity index (χ1n) is 9.40. The van der Waals surface area contributed by atoms with E-state index in [-0.39, 0.29) is 12.5 Å². The molecule has 0 radical (unpaired) electrons. The van der Waals surface area contributed by atoms with E-state index >= 15 is 0 Å². The Morgan fingerprint density at radius 1 is 1.10 bits per heavy atom. The summed E-state index contributed by atoms with van der Waals surface area (Å²) in [4.78, 5) is 12.3. The van der Waals surface area contributed by atoms with Gasteiger partial charge in [0.2, 0.25) is 0 Å². The maximum absolute atomic E-state index is 12.3. The van der Waals surface area contributed by atoms with Crippen LogP contribution in [-0.4, -0.2) is 19.6 Å². The van der Waals surface area contributed by atoms with E-state index in [4.69, 9.17) is 32.7 Å². The van der Waals surface area contributed by atoms with Crippen LogP contribution in [0, 0.1) is 10.5 Å². The third-order valence-corrected chi connectivity index (χ3v) is 5.70. The minimum Gasteiger partial charge on any atom is -0.493 e. The van der Waals surface area contributed by atoms with Crippen molar-refractivity contribution in [3.63, 3.8) is 0 Å². The van der Waals surface area contributed by atoms with E-state index in [1.165, 1.54) is 0 Å². The third-order valence-electron chi connectivity index (χ3n) is 4.35. The van der Waals surface area contributed by atoms with Gasteiger partial charge in [-0.3, -0.25) is 4.79 Å². The van der Waals surface area contributed by atoms with Crippen LogP contribution < -0.4 is 20.1 Å². The maximum atomic E-state index is 12.3. The van der Waals surface area contributed by atoms with Crippen molar-refractivity contribution in [2.24, 2.45) is 0 Å². The van der Waals surface area contributed by atoms with E-state index < -0.39 is 0 Å². The topological polar surface area (TPSA) is 59.6 Å². The van der Waals surface area contributed by atoms with Gasteiger partial charge in [-0.15, -0.1) is 0 Å². The molecule has 0 aromatic heterocycles. The summed E-state index contributed by atoms with van der Waals surface area (Å²) in [6, 6.07) is 16.7. The zero-order valence-corrected chi connectivity index (χ0v) is 20.6. The first-order valence-corrected chi connectivity index (χ1v) is 11.2. The van der Waals surface area contributed by atoms with Crippen LogP contribution in [0.5, 0.6) is 11.5 Å². The van der Waals surface area contributed by atoms with E-state index in [0.29, 0.717) is 28.1 Å². The van der Waals surface area contributed by atoms with Gasteiger partial charge < -0.3 is 20.1 Å². The number of anilines is 2. The lowest BCUT2D eigenvalue weighted by molar-refractivity contribution is -0.118. The lowest BCUT2D eigenvalue weighted by Crippen LogP contribution is -2.20. The van der Waals surface area contributed by atoms with Crippen molar-refractivity contribution in [1.82, 2.24) is 0 Å². The summed E-state index contributed by atoms with van der Waals surface area (Å²) >= 11 is 14.3. The Kier molecular flexibility index (Phi) is 8.28. The largest absolute Gasteiger partial charge is 0.493 e. The normalized spacial score (nSPS) is 10.5. The minimum absolute atomic E-state index is 0.127. The molecule has 0 aliphatic carbocycles. The molecule has 0 fully saturated rings. The van der Waals surface area contributed by atoms with Crippen LogP contribution in [-0.2, 0) is 11.3 Å². The molecule has 3 aromatic rings. The van der Waals surface area contributed by atoms with Gasteiger partial charge in [0, 0.05) is 17.3 Å². The van der Waals surface area contributed by atoms with Crippen molar-refractivity contribution in [2.45, 2.75) is 13.5 Å². The second-order valence-electron chi connectivity index (χ2n) is 6.79. The molecule has 3 aromatic carbocycles. The van der Waals surface area contributed by atoms with E-state index in [1.54, 1.807) is 19.2 Å². The van der Waals surface area contributed by atoms with Gasteiger partial charge in [0.1, 0.15) is 0 Å². The molecule has 0 bridgehead atoms. The number of ether oxygens (including phenoxy) is 2. The number of hydrogen-bond acceptors (Lipinski definition) is 4. The van der Waals surface area contributed by atoms with Gasteiger partial charge >= 0.3 is 0 Å². The van der Waals surface area contributed by atoms with Crippen molar-refractivity contribution in [2.75, 3.05) is 24.4 Å². The highest BCUT2D eigenvalue weighted by Crippen LogP contribution is 2.34. The lowest BCUT2D eigenvalue weighted by Gasteiger charge is -2.15. The summed E-state index contributed by atoms with van der Waals surface area (Å²) in [7, 11) is 1.57. The molecule has 0 unspecified atom stereocenters. The summed E-state index contributed by atoms with van der Waals surface area (Å²) in [6.07, 6.45) is 0. The number of benzene rings is 3. The highest BCUT2D eigenvalue weighted by Gasteiger charge is 2.14. The predicted molar refractivity (Wildman–Crippen MR) is 135 cm³/mol. The van der Waals surface area contributed by atoms with Crippen molar-refractivity contribution in [3.05, 3.63) is 79.3 Å². The SMILES string of the molecule is COc1cc(CNc2ccc(Cl)cc2Cl)cc(I)c1OCC(=O)Nc1cccc(C)c1. The maximum Gasteiger partial charge on any atom is 0.262 e. The number of aryl methyl sites for hydroxylation is 1. The standard InChI is InChI=1S/C23H21Cl2IN2O3/c1-14-4-3-5-17(8-14)28-22(29)13-31-23-19(26)9-15(10-21(23)30-2)12-27-20-7-6-16(24)11-18(20)25/h3-11,27H,12-13H2,1-2H3,(H,28,29). The first kappa shape index (κ1) is 23.5. The van der Waals surface area contributed by atoms with Crippen LogP contribution >= 0.6 is 45.8 Å². The molecule has 8 heteroatoms. The van der Waals surface area contributed by atoms with Crippen molar-refractivity contribution in [3.8, 4) is 11.5 Å². The van der Waals surface area contributed by atoms with Crippen LogP contribution in [0.15, 0.2) is 54.6 Å². The van der Waals surface area contributed by atoms with Crippen LogP contribution in [0.4, 0.5) is 11.4 Å². The fraction of sp³-hybridized carbons (Fsp3) is 0.174. The lowest BCUT2D eigenvalue weighted by atomic mass is 10.2. The average molecular weight is 571 g/mol. The molecule has 0 spiro atoms. The monoisotopic (exact) mass is 570 g/mol. The fourth-order valence-electron chi connectivity index (χ4n) is 2.90. The second-order valence-corrected chi connectivity index (χ2v) is 8.80. The Balaban J connectivity index is 1.65. The summed E-state index contributed by atoms with van der Waals surface area (Å²) in [5.41, 5.74) is 3.56. The molecule has 0 saturated carbocycles. The first-order chi connectivity index (χ1) is 14.9. The van der Waals surface area contributed by atoms with Gasteiger partial charge in [-0.1, -0.05) is 35.3 Å². The van der Waals surface area contributed by atoms with Crippen molar-refractivity contribution < 1.29 is 14.3 Å². The number of halogens is 3. The molecule has 3 rings (SSSR count). The van der Waals surface area contributed by atoms with Gasteiger partial charge in [-0.25, -0.2) is 0 Å². The minimum atomic E-state index is -0.244. The Bertz CT molecular complexity index is 1090. The molecule has 0 atom stereocenters. The number of hydrogen-bond donors (Lipinski definition) is 2. The van der Waals surface area contributed by atoms with Gasteiger partial charge in [-0.05, 0) is 83.1 Å². The molecule has 5 nitrogen and oxygen atoms in total. The summed E-state index contributed by atoms with van der Waals surface area (Å²) in [6.45, 7) is 2.37. The Labute approximate surface area is 205 Å². The van der Waals surface area contributed by atoms with Crippen molar-refractivity contribution >= 4 is 63.1 Å². The summed E-state index contributed by atoms with van der Waals surface area (Å²) in [5, 5.41) is 7.24. The van der Waals surface area contributed by atoms with Gasteiger partial charge in [0.25, 0.3) is 5.91 Å². The molecule has 0 aliphatic heterocycles. The van der Waals surface area contributed by atoms with Crippen LogP contribution in [0.25, 0.3) is 0 Å². The fourth-order valence-corrected chi connectivity index (χ4v) is 4.20. The molecule has 0 aliphatic rings. The van der Waals surface area contributed by atoms with E-state index in [2.05, 4.69) is 33.2 Å². The van der Waals surface area contributed by atoms with E-state index in [0.717, 1.165) is 26.1 Å². The highest BCUT2D eigenvalue weighted by molar-refractivity contribution is 14.1. The molecule has 2 N–H and O–H groups in total. The number of carbonyl (C=O) groups excluding carboxylic acids is 1. The second kappa shape index (κ2) is 10.9. The van der Waals surface area contributed by atoms with Gasteiger partial charge in [0.05, 0.1) is 21.4 Å². The zero-order chi connectivity index (χ0) is 22.4. The Morgan fingerprint density at radius 3 is 2.61 bits per heavy atom. The van der Waals surface area contributed by atoms with Crippen molar-refractivity contribution in [1.29, 1.82) is 0 Å². The Hall–Kier alpha value is -2.16. The van der Waals surface area contributed by atoms with Gasteiger partial charge in [0.15, 0.2) is 18.1 Å². The number of carbonyl (C=O) groups is 1. The highest BCUT2D eigenvalue weighted by atomic mass is 127.